The molecule has 0 radical (unpaired) electrons. The van der Waals surface area contributed by atoms with E-state index in [2.05, 4.69) is 10.00 Å². The summed E-state index contributed by atoms with van der Waals surface area (Å²) in [5, 5.41) is 16.2. The molecule has 39 heavy (non-hydrogen) atoms. The van der Waals surface area contributed by atoms with Gasteiger partial charge in [0.2, 0.25) is 5.91 Å². The third kappa shape index (κ3) is 4.60. The lowest BCUT2D eigenvalue weighted by Gasteiger charge is -2.37. The molecule has 1 amide bonds. The van der Waals surface area contributed by atoms with E-state index in [0.29, 0.717) is 38.3 Å². The second kappa shape index (κ2) is 9.90. The fraction of sp³-hybridized carbons (Fsp3) is 0.267. The average molecular weight is 524 g/mol. The number of aryl methyl sites for hydroxylation is 2. The summed E-state index contributed by atoms with van der Waals surface area (Å²) < 4.78 is 7.72. The molecule has 0 spiro atoms. The highest BCUT2D eigenvalue weighted by Gasteiger charge is 2.31. The van der Waals surface area contributed by atoms with Crippen LogP contribution in [0.25, 0.3) is 5.69 Å². The van der Waals surface area contributed by atoms with E-state index >= 15 is 0 Å². The van der Waals surface area contributed by atoms with Crippen LogP contribution in [0.3, 0.4) is 0 Å². The maximum atomic E-state index is 13.5. The van der Waals surface area contributed by atoms with Crippen LogP contribution in [-0.4, -0.2) is 51.7 Å². The lowest BCUT2D eigenvalue weighted by atomic mass is 9.85. The number of carbonyl (C=O) groups excluding carboxylic acids is 1. The van der Waals surface area contributed by atoms with Crippen molar-refractivity contribution >= 4 is 17.3 Å². The number of piperazine rings is 1. The zero-order chi connectivity index (χ0) is 27.1. The molecule has 1 fully saturated rings. The molecular formula is C30H29N5O4. The summed E-state index contributed by atoms with van der Waals surface area (Å²) in [4.78, 5) is 29.0. The maximum Gasteiger partial charge on any atom is 0.295 e. The van der Waals surface area contributed by atoms with Crippen molar-refractivity contribution in [2.75, 3.05) is 31.1 Å². The van der Waals surface area contributed by atoms with Crippen molar-refractivity contribution in [3.63, 3.8) is 0 Å². The molecule has 2 aliphatic rings. The standard InChI is InChI=1S/C30H29N5O4/c1-20-17-21(2)34(31-20)27-18-22(11-12-26(27)35(37)38)32-13-15-33(16-14-32)30(36)19-25-23-7-3-5-9-28(23)39-29-10-6-4-8-24(25)29/h3-12,17-18,25H,13-16,19H2,1-2H3. The number of aromatic nitrogens is 2. The molecule has 1 aromatic heterocycles. The van der Waals surface area contributed by atoms with Crippen LogP contribution in [0.5, 0.6) is 11.5 Å². The molecule has 9 nitrogen and oxygen atoms in total. The normalized spacial score (nSPS) is 14.9. The van der Waals surface area contributed by atoms with Gasteiger partial charge in [-0.05, 0) is 44.2 Å². The lowest BCUT2D eigenvalue weighted by Crippen LogP contribution is -2.49. The molecule has 0 saturated carbocycles. The summed E-state index contributed by atoms with van der Waals surface area (Å²) in [6.07, 6.45) is 0.372. The van der Waals surface area contributed by atoms with Crippen LogP contribution < -0.4 is 9.64 Å². The van der Waals surface area contributed by atoms with Gasteiger partial charge in [-0.15, -0.1) is 0 Å². The van der Waals surface area contributed by atoms with Crippen LogP contribution in [0, 0.1) is 24.0 Å². The summed E-state index contributed by atoms with van der Waals surface area (Å²) in [6.45, 7) is 6.19. The Labute approximate surface area is 226 Å². The van der Waals surface area contributed by atoms with Crippen LogP contribution in [-0.2, 0) is 4.79 Å². The summed E-state index contributed by atoms with van der Waals surface area (Å²) in [6, 6.07) is 22.9. The first-order valence-electron chi connectivity index (χ1n) is 13.1. The second-order valence-electron chi connectivity index (χ2n) is 10.1. The van der Waals surface area contributed by atoms with Gasteiger partial charge in [-0.25, -0.2) is 4.68 Å². The third-order valence-corrected chi connectivity index (χ3v) is 7.58. The number of carbonyl (C=O) groups is 1. The number of benzene rings is 3. The number of hydrogen-bond acceptors (Lipinski definition) is 6. The van der Waals surface area contributed by atoms with Gasteiger partial charge in [0.05, 0.1) is 10.6 Å². The maximum absolute atomic E-state index is 13.5. The number of hydrogen-bond donors (Lipinski definition) is 0. The number of amides is 1. The quantitative estimate of drug-likeness (QED) is 0.258. The molecule has 6 rings (SSSR count). The van der Waals surface area contributed by atoms with Crippen LogP contribution in [0.2, 0.25) is 0 Å². The van der Waals surface area contributed by atoms with Crippen LogP contribution >= 0.6 is 0 Å². The largest absolute Gasteiger partial charge is 0.457 e. The SMILES string of the molecule is Cc1cc(C)n(-c2cc(N3CCN(C(=O)CC4c5ccccc5Oc5ccccc54)CC3)ccc2[N+](=O)[O-])n1. The minimum absolute atomic E-state index is 0.00999. The summed E-state index contributed by atoms with van der Waals surface area (Å²) >= 11 is 0. The first kappa shape index (κ1) is 24.7. The Morgan fingerprint density at radius 2 is 1.59 bits per heavy atom. The van der Waals surface area contributed by atoms with Crippen molar-refractivity contribution in [1.82, 2.24) is 14.7 Å². The highest BCUT2D eigenvalue weighted by atomic mass is 16.6. The van der Waals surface area contributed by atoms with Gasteiger partial charge in [-0.1, -0.05) is 36.4 Å². The van der Waals surface area contributed by atoms with E-state index < -0.39 is 0 Å². The Kier molecular flexibility index (Phi) is 6.26. The molecule has 0 N–H and O–H groups in total. The molecule has 9 heteroatoms. The summed E-state index contributed by atoms with van der Waals surface area (Å²) in [5.41, 5.74) is 5.03. The highest BCUT2D eigenvalue weighted by molar-refractivity contribution is 5.79. The minimum Gasteiger partial charge on any atom is -0.457 e. The Balaban J connectivity index is 1.18. The molecule has 1 saturated heterocycles. The van der Waals surface area contributed by atoms with Crippen LogP contribution in [0.15, 0.2) is 72.8 Å². The molecule has 0 aliphatic carbocycles. The van der Waals surface area contributed by atoms with Gasteiger partial charge < -0.3 is 14.5 Å². The van der Waals surface area contributed by atoms with Crippen LogP contribution in [0.4, 0.5) is 11.4 Å². The summed E-state index contributed by atoms with van der Waals surface area (Å²) in [7, 11) is 0. The van der Waals surface area contributed by atoms with E-state index in [1.165, 1.54) is 0 Å². The Morgan fingerprint density at radius 3 is 2.18 bits per heavy atom. The molecule has 198 valence electrons. The third-order valence-electron chi connectivity index (χ3n) is 7.58. The molecule has 4 aromatic rings. The van der Waals surface area contributed by atoms with Crippen LogP contribution in [0.1, 0.15) is 34.9 Å². The molecule has 0 bridgehead atoms. The van der Waals surface area contributed by atoms with Gasteiger partial charge in [-0.3, -0.25) is 14.9 Å². The van der Waals surface area contributed by atoms with Gasteiger partial charge in [0.1, 0.15) is 17.2 Å². The molecule has 3 heterocycles. The number of para-hydroxylation sites is 2. The van der Waals surface area contributed by atoms with Gasteiger partial charge in [0.15, 0.2) is 0 Å². The minimum atomic E-state index is -0.376. The first-order chi connectivity index (χ1) is 18.9. The van der Waals surface area contributed by atoms with Crippen molar-refractivity contribution in [1.29, 1.82) is 0 Å². The zero-order valence-corrected chi connectivity index (χ0v) is 21.9. The number of rotatable bonds is 5. The van der Waals surface area contributed by atoms with E-state index in [1.54, 1.807) is 16.8 Å². The van der Waals surface area contributed by atoms with Crippen molar-refractivity contribution in [2.24, 2.45) is 0 Å². The van der Waals surface area contributed by atoms with Crippen molar-refractivity contribution in [2.45, 2.75) is 26.2 Å². The number of nitro benzene ring substituents is 1. The monoisotopic (exact) mass is 523 g/mol. The lowest BCUT2D eigenvalue weighted by molar-refractivity contribution is -0.384. The Hall–Kier alpha value is -4.66. The number of nitro groups is 1. The summed E-state index contributed by atoms with van der Waals surface area (Å²) in [5.74, 6) is 1.65. The van der Waals surface area contributed by atoms with E-state index in [4.69, 9.17) is 4.74 Å². The average Bonchev–Trinajstić information content (AvgIpc) is 3.29. The zero-order valence-electron chi connectivity index (χ0n) is 21.9. The molecular weight excluding hydrogens is 494 g/mol. The molecule has 0 unspecified atom stereocenters. The smallest absolute Gasteiger partial charge is 0.295 e. The molecule has 2 aliphatic heterocycles. The number of nitrogens with zero attached hydrogens (tertiary/aromatic N) is 5. The van der Waals surface area contributed by atoms with E-state index in [0.717, 1.165) is 39.7 Å². The second-order valence-corrected chi connectivity index (χ2v) is 10.1. The molecule has 0 atom stereocenters. The number of anilines is 1. The van der Waals surface area contributed by atoms with Gasteiger partial charge in [-0.2, -0.15) is 5.10 Å². The fourth-order valence-electron chi connectivity index (χ4n) is 5.65. The predicted octanol–water partition coefficient (Wildman–Crippen LogP) is 5.37. The Bertz CT molecular complexity index is 1530. The highest BCUT2D eigenvalue weighted by Crippen LogP contribution is 2.45. The van der Waals surface area contributed by atoms with Crippen molar-refractivity contribution < 1.29 is 14.5 Å². The van der Waals surface area contributed by atoms with Crippen molar-refractivity contribution in [3.8, 4) is 17.2 Å². The number of ether oxygens (including phenoxy) is 1. The van der Waals surface area contributed by atoms with Gasteiger partial charge in [0.25, 0.3) is 5.69 Å². The molecule has 3 aromatic carbocycles. The van der Waals surface area contributed by atoms with E-state index in [-0.39, 0.29) is 22.4 Å². The number of fused-ring (bicyclic) bond motifs is 2. The predicted molar refractivity (Wildman–Crippen MR) is 148 cm³/mol. The first-order valence-corrected chi connectivity index (χ1v) is 13.1. The topological polar surface area (TPSA) is 93.7 Å². The van der Waals surface area contributed by atoms with E-state index in [9.17, 15) is 14.9 Å². The van der Waals surface area contributed by atoms with Gasteiger partial charge >= 0.3 is 0 Å². The Morgan fingerprint density at radius 1 is 0.949 bits per heavy atom. The van der Waals surface area contributed by atoms with Gasteiger partial charge in [0, 0.05) is 67.1 Å². The van der Waals surface area contributed by atoms with E-state index in [1.807, 2.05) is 79.4 Å². The fourth-order valence-corrected chi connectivity index (χ4v) is 5.65. The van der Waals surface area contributed by atoms with Crippen molar-refractivity contribution in [3.05, 3.63) is 105 Å².